The van der Waals surface area contributed by atoms with Crippen LogP contribution < -0.4 is 22.1 Å². The van der Waals surface area contributed by atoms with Crippen molar-refractivity contribution in [2.75, 3.05) is 33.3 Å². The first kappa shape index (κ1) is 18.6. The van der Waals surface area contributed by atoms with Crippen LogP contribution in [0.4, 0.5) is 0 Å². The Hall–Kier alpha value is -1.18. The highest BCUT2D eigenvalue weighted by molar-refractivity contribution is 5.47. The Balaban J connectivity index is -0.000000170. The Morgan fingerprint density at radius 1 is 1.00 bits per heavy atom. The van der Waals surface area contributed by atoms with Gasteiger partial charge in [-0.15, -0.1) is 0 Å². The van der Waals surface area contributed by atoms with E-state index in [1.807, 2.05) is 0 Å². The molecule has 0 aliphatic carbocycles. The van der Waals surface area contributed by atoms with Crippen LogP contribution in [0.25, 0.3) is 0 Å². The van der Waals surface area contributed by atoms with Crippen molar-refractivity contribution >= 4 is 12.8 Å². The molecule has 0 unspecified atom stereocenters. The van der Waals surface area contributed by atoms with Gasteiger partial charge in [-0.1, -0.05) is 0 Å². The summed E-state index contributed by atoms with van der Waals surface area (Å²) in [5.41, 5.74) is 9.81. The molecule has 14 heavy (non-hydrogen) atoms. The molecule has 0 radical (unpaired) electrons. The molecular formula is C7H20N4O3. The number of carbonyl (C=O) groups excluding carboxylic acids is 2. The van der Waals surface area contributed by atoms with Gasteiger partial charge in [0.25, 0.3) is 0 Å². The number of amides is 2. The van der Waals surface area contributed by atoms with Crippen LogP contribution in [0.15, 0.2) is 0 Å². The van der Waals surface area contributed by atoms with Gasteiger partial charge in [0.05, 0.1) is 0 Å². The fourth-order valence-electron chi connectivity index (χ4n) is 0.262. The minimum atomic E-state index is 0.488. The van der Waals surface area contributed by atoms with E-state index in [9.17, 15) is 9.59 Å². The predicted molar refractivity (Wildman–Crippen MR) is 54.4 cm³/mol. The third-order valence-corrected chi connectivity index (χ3v) is 0.747. The van der Waals surface area contributed by atoms with Crippen molar-refractivity contribution in [3.05, 3.63) is 0 Å². The maximum atomic E-state index is 9.54. The summed E-state index contributed by atoms with van der Waals surface area (Å²) in [5.74, 6) is 0. The van der Waals surface area contributed by atoms with E-state index in [1.165, 1.54) is 0 Å². The molecule has 7 N–H and O–H groups in total. The molecule has 86 valence electrons. The van der Waals surface area contributed by atoms with Crippen molar-refractivity contribution < 1.29 is 14.7 Å². The van der Waals surface area contributed by atoms with E-state index in [0.29, 0.717) is 39.0 Å². The van der Waals surface area contributed by atoms with Gasteiger partial charge in [0.2, 0.25) is 12.8 Å². The fourth-order valence-corrected chi connectivity index (χ4v) is 0.262. The predicted octanol–water partition coefficient (Wildman–Crippen LogP) is -3.01. The number of aliphatic hydroxyl groups is 1. The SMILES string of the molecule is CO.NCCN.O=CNCCNC=O. The van der Waals surface area contributed by atoms with E-state index in [2.05, 4.69) is 10.6 Å². The third kappa shape index (κ3) is 44.9. The molecule has 0 aromatic heterocycles. The minimum Gasteiger partial charge on any atom is -0.400 e. The van der Waals surface area contributed by atoms with Crippen LogP contribution in [0.5, 0.6) is 0 Å². The summed E-state index contributed by atoms with van der Waals surface area (Å²) in [6.07, 6.45) is 1.18. The highest BCUT2D eigenvalue weighted by atomic mass is 16.2. The highest BCUT2D eigenvalue weighted by Gasteiger charge is 1.77. The number of aliphatic hydroxyl groups excluding tert-OH is 1. The zero-order valence-electron chi connectivity index (χ0n) is 8.40. The lowest BCUT2D eigenvalue weighted by molar-refractivity contribution is -0.111. The first-order valence-electron chi connectivity index (χ1n) is 4.02. The molecule has 0 rings (SSSR count). The lowest BCUT2D eigenvalue weighted by Crippen LogP contribution is -2.25. The Labute approximate surface area is 83.8 Å². The molecule has 0 atom stereocenters. The average Bonchev–Trinajstić information content (AvgIpc) is 2.28. The van der Waals surface area contributed by atoms with Crippen LogP contribution in [-0.4, -0.2) is 51.2 Å². The summed E-state index contributed by atoms with van der Waals surface area (Å²) in [7, 11) is 1.00. The van der Waals surface area contributed by atoms with Gasteiger partial charge < -0.3 is 27.2 Å². The second kappa shape index (κ2) is 29.8. The van der Waals surface area contributed by atoms with E-state index in [0.717, 1.165) is 7.11 Å². The molecule has 0 heterocycles. The van der Waals surface area contributed by atoms with Gasteiger partial charge in [-0.05, 0) is 0 Å². The van der Waals surface area contributed by atoms with Crippen molar-refractivity contribution in [1.82, 2.24) is 10.6 Å². The third-order valence-electron chi connectivity index (χ3n) is 0.747. The van der Waals surface area contributed by atoms with Gasteiger partial charge in [-0.2, -0.15) is 0 Å². The molecule has 0 fully saturated rings. The lowest BCUT2D eigenvalue weighted by Gasteiger charge is -1.93. The second-order valence-electron chi connectivity index (χ2n) is 1.72. The summed E-state index contributed by atoms with van der Waals surface area (Å²) in [6.45, 7) is 2.17. The summed E-state index contributed by atoms with van der Waals surface area (Å²) in [5, 5.41) is 11.8. The summed E-state index contributed by atoms with van der Waals surface area (Å²) in [4.78, 5) is 19.1. The second-order valence-corrected chi connectivity index (χ2v) is 1.72. The van der Waals surface area contributed by atoms with Gasteiger partial charge in [0, 0.05) is 33.3 Å². The lowest BCUT2D eigenvalue weighted by atomic mass is 10.6. The van der Waals surface area contributed by atoms with Crippen molar-refractivity contribution in [3.8, 4) is 0 Å². The van der Waals surface area contributed by atoms with Crippen LogP contribution >= 0.6 is 0 Å². The van der Waals surface area contributed by atoms with E-state index in [1.54, 1.807) is 0 Å². The number of hydrogen-bond acceptors (Lipinski definition) is 5. The molecule has 0 aromatic carbocycles. The monoisotopic (exact) mass is 208 g/mol. The normalized spacial score (nSPS) is 6.86. The molecular weight excluding hydrogens is 188 g/mol. The summed E-state index contributed by atoms with van der Waals surface area (Å²) < 4.78 is 0. The first-order chi connectivity index (χ1) is 6.83. The fraction of sp³-hybridized carbons (Fsp3) is 0.714. The van der Waals surface area contributed by atoms with Crippen molar-refractivity contribution in [2.24, 2.45) is 11.5 Å². The Morgan fingerprint density at radius 3 is 1.43 bits per heavy atom. The maximum Gasteiger partial charge on any atom is 0.207 e. The maximum absolute atomic E-state index is 9.54. The standard InChI is InChI=1S/C4H8N2O2.C2H8N2.CH4O/c7-3-5-1-2-6-4-8;3-1-2-4;1-2/h3-4H,1-2H2,(H,5,7)(H,6,8);1-4H2;2H,1H3. The van der Waals surface area contributed by atoms with Crippen LogP contribution in [-0.2, 0) is 9.59 Å². The molecule has 0 aliphatic heterocycles. The molecule has 0 saturated carbocycles. The summed E-state index contributed by atoms with van der Waals surface area (Å²) >= 11 is 0. The molecule has 2 amide bonds. The van der Waals surface area contributed by atoms with Crippen LogP contribution in [0, 0.1) is 0 Å². The van der Waals surface area contributed by atoms with Crippen molar-refractivity contribution in [3.63, 3.8) is 0 Å². The molecule has 0 aromatic rings. The average molecular weight is 208 g/mol. The van der Waals surface area contributed by atoms with Gasteiger partial charge >= 0.3 is 0 Å². The van der Waals surface area contributed by atoms with Gasteiger partial charge in [-0.3, -0.25) is 9.59 Å². The number of carbonyl (C=O) groups is 2. The Bertz CT molecular complexity index is 90.9. The van der Waals surface area contributed by atoms with E-state index < -0.39 is 0 Å². The molecule has 0 saturated heterocycles. The van der Waals surface area contributed by atoms with E-state index in [4.69, 9.17) is 16.6 Å². The zero-order valence-corrected chi connectivity index (χ0v) is 8.40. The minimum absolute atomic E-state index is 0.488. The molecule has 0 aliphatic rings. The zero-order chi connectivity index (χ0) is 11.7. The van der Waals surface area contributed by atoms with Crippen LogP contribution in [0.3, 0.4) is 0 Å². The number of hydrogen-bond donors (Lipinski definition) is 5. The number of nitrogens with one attached hydrogen (secondary N) is 2. The number of nitrogens with two attached hydrogens (primary N) is 2. The van der Waals surface area contributed by atoms with E-state index >= 15 is 0 Å². The molecule has 0 bridgehead atoms. The molecule has 7 nitrogen and oxygen atoms in total. The quantitative estimate of drug-likeness (QED) is 0.234. The van der Waals surface area contributed by atoms with Crippen molar-refractivity contribution in [1.29, 1.82) is 0 Å². The van der Waals surface area contributed by atoms with E-state index in [-0.39, 0.29) is 0 Å². The van der Waals surface area contributed by atoms with Crippen LogP contribution in [0.1, 0.15) is 0 Å². The Morgan fingerprint density at radius 2 is 1.29 bits per heavy atom. The highest BCUT2D eigenvalue weighted by Crippen LogP contribution is 1.47. The summed E-state index contributed by atoms with van der Waals surface area (Å²) in [6, 6.07) is 0. The largest absolute Gasteiger partial charge is 0.400 e. The topological polar surface area (TPSA) is 130 Å². The van der Waals surface area contributed by atoms with Gasteiger partial charge in [-0.25, -0.2) is 0 Å². The van der Waals surface area contributed by atoms with Gasteiger partial charge in [0.1, 0.15) is 0 Å². The van der Waals surface area contributed by atoms with Crippen molar-refractivity contribution in [2.45, 2.75) is 0 Å². The van der Waals surface area contributed by atoms with Crippen LogP contribution in [0.2, 0.25) is 0 Å². The molecule has 7 heteroatoms. The smallest absolute Gasteiger partial charge is 0.207 e. The number of rotatable bonds is 6. The first-order valence-corrected chi connectivity index (χ1v) is 4.02. The molecule has 0 spiro atoms. The van der Waals surface area contributed by atoms with Gasteiger partial charge in [0.15, 0.2) is 0 Å². The Kier molecular flexibility index (Phi) is 39.5.